The maximum Gasteiger partial charge on any atom is 0.534 e. The van der Waals surface area contributed by atoms with E-state index < -0.39 is 38.7 Å². The second-order valence-corrected chi connectivity index (χ2v) is 9.05. The molecule has 0 radical (unpaired) electrons. The lowest BCUT2D eigenvalue weighted by atomic mass is 9.72. The molecule has 0 saturated carbocycles. The minimum Gasteiger partial charge on any atom is -0.468 e. The summed E-state index contributed by atoms with van der Waals surface area (Å²) >= 11 is 0. The number of benzene rings is 1. The van der Waals surface area contributed by atoms with Crippen LogP contribution in [0.15, 0.2) is 18.2 Å². The minimum atomic E-state index is -5.91. The minimum absolute atomic E-state index is 0.0247. The largest absolute Gasteiger partial charge is 0.534 e. The van der Waals surface area contributed by atoms with Gasteiger partial charge in [0.1, 0.15) is 5.82 Å². The molecule has 1 aliphatic rings. The smallest absolute Gasteiger partial charge is 0.468 e. The van der Waals surface area contributed by atoms with E-state index in [4.69, 9.17) is 4.74 Å². The Labute approximate surface area is 182 Å². The van der Waals surface area contributed by atoms with Gasteiger partial charge in [0.2, 0.25) is 5.88 Å². The molecule has 1 aromatic carbocycles. The van der Waals surface area contributed by atoms with Gasteiger partial charge in [0, 0.05) is 12.1 Å². The molecule has 0 amide bonds. The predicted octanol–water partition coefficient (Wildman–Crippen LogP) is 3.57. The number of carbonyl (C=O) groups is 1. The number of hydrogen-bond acceptors (Lipinski definition) is 6. The molecule has 0 N–H and O–H groups in total. The lowest BCUT2D eigenvalue weighted by molar-refractivity contribution is -0.148. The van der Waals surface area contributed by atoms with Gasteiger partial charge >= 0.3 is 21.6 Å². The number of hydrogen-bond donors (Lipinski definition) is 0. The highest BCUT2D eigenvalue weighted by Gasteiger charge is 2.50. The van der Waals surface area contributed by atoms with Crippen LogP contribution in [0.4, 0.5) is 17.6 Å². The third-order valence-corrected chi connectivity index (χ3v) is 6.75. The maximum absolute atomic E-state index is 14.3. The van der Waals surface area contributed by atoms with Crippen LogP contribution < -0.4 is 4.18 Å². The zero-order valence-electron chi connectivity index (χ0n) is 17.6. The Morgan fingerprint density at radius 1 is 1.25 bits per heavy atom. The fourth-order valence-electron chi connectivity index (χ4n) is 4.14. The topological polar surface area (TPSA) is 87.5 Å². The van der Waals surface area contributed by atoms with Gasteiger partial charge < -0.3 is 8.92 Å². The monoisotopic (exact) mass is 478 g/mol. The Kier molecular flexibility index (Phi) is 6.29. The number of methoxy groups -OCH3 is 1. The Balaban J connectivity index is 2.09. The molecule has 1 aromatic heterocycles. The fraction of sp³-hybridized carbons (Fsp3) is 0.500. The van der Waals surface area contributed by atoms with Crippen molar-refractivity contribution in [3.8, 4) is 5.88 Å². The standard InChI is InChI=1S/C20H22F4N2O5S/c1-4-26-17(31-32(28,29)20(22,23)24)13-8-10-19(18(27)30-3,11-9-16(13)25-26)14-6-5-7-15(21)12(14)2/h5-7H,4,8-11H2,1-3H3. The second-order valence-electron chi connectivity index (χ2n) is 7.52. The molecule has 7 nitrogen and oxygen atoms in total. The van der Waals surface area contributed by atoms with Crippen molar-refractivity contribution in [3.05, 3.63) is 46.4 Å². The van der Waals surface area contributed by atoms with E-state index in [1.54, 1.807) is 13.0 Å². The van der Waals surface area contributed by atoms with E-state index in [2.05, 4.69) is 9.28 Å². The fourth-order valence-corrected chi connectivity index (χ4v) is 4.63. The van der Waals surface area contributed by atoms with Crippen LogP contribution in [0.2, 0.25) is 0 Å². The molecule has 1 atom stereocenters. The van der Waals surface area contributed by atoms with Crippen LogP contribution in [-0.4, -0.2) is 36.8 Å². The van der Waals surface area contributed by atoms with E-state index in [1.807, 2.05) is 0 Å². The van der Waals surface area contributed by atoms with Crippen molar-refractivity contribution in [2.75, 3.05) is 7.11 Å². The molecule has 1 heterocycles. The second kappa shape index (κ2) is 8.38. The molecule has 2 aromatic rings. The summed E-state index contributed by atoms with van der Waals surface area (Å²) in [4.78, 5) is 12.9. The van der Waals surface area contributed by atoms with Crippen molar-refractivity contribution in [2.45, 2.75) is 57.0 Å². The predicted molar refractivity (Wildman–Crippen MR) is 105 cm³/mol. The number of carbonyl (C=O) groups excluding carboxylic acids is 1. The lowest BCUT2D eigenvalue weighted by Crippen LogP contribution is -2.38. The van der Waals surface area contributed by atoms with Crippen LogP contribution in [0.1, 0.15) is 42.1 Å². The van der Waals surface area contributed by atoms with E-state index in [0.29, 0.717) is 11.3 Å². The zero-order chi connectivity index (χ0) is 23.9. The number of aromatic nitrogens is 2. The molecular weight excluding hydrogens is 456 g/mol. The van der Waals surface area contributed by atoms with Crippen LogP contribution in [0.3, 0.4) is 0 Å². The molecular formula is C20H22F4N2O5S. The summed E-state index contributed by atoms with van der Waals surface area (Å²) in [5.74, 6) is -1.66. The molecule has 0 saturated heterocycles. The van der Waals surface area contributed by atoms with Crippen molar-refractivity contribution < 1.29 is 39.7 Å². The van der Waals surface area contributed by atoms with Gasteiger partial charge in [-0.2, -0.15) is 26.7 Å². The molecule has 1 aliphatic carbocycles. The number of nitrogens with zero attached hydrogens (tertiary/aromatic N) is 2. The number of fused-ring (bicyclic) bond motifs is 1. The molecule has 176 valence electrons. The van der Waals surface area contributed by atoms with Gasteiger partial charge in [0.25, 0.3) is 0 Å². The van der Waals surface area contributed by atoms with Crippen molar-refractivity contribution in [3.63, 3.8) is 0 Å². The van der Waals surface area contributed by atoms with Gasteiger partial charge in [0.05, 0.1) is 18.2 Å². The molecule has 0 aliphatic heterocycles. The first-order chi connectivity index (χ1) is 14.9. The molecule has 12 heteroatoms. The highest BCUT2D eigenvalue weighted by Crippen LogP contribution is 2.43. The van der Waals surface area contributed by atoms with Gasteiger partial charge in [0.15, 0.2) is 0 Å². The normalized spacial score (nSPS) is 19.2. The van der Waals surface area contributed by atoms with E-state index in [9.17, 15) is 30.8 Å². The lowest BCUT2D eigenvalue weighted by Gasteiger charge is -2.32. The van der Waals surface area contributed by atoms with Gasteiger partial charge in [-0.25, -0.2) is 9.07 Å². The average Bonchev–Trinajstić information content (AvgIpc) is 2.93. The van der Waals surface area contributed by atoms with E-state index in [-0.39, 0.29) is 43.4 Å². The third kappa shape index (κ3) is 3.96. The zero-order valence-corrected chi connectivity index (χ0v) is 18.4. The number of esters is 1. The Morgan fingerprint density at radius 3 is 2.50 bits per heavy atom. The Hall–Kier alpha value is -2.63. The van der Waals surface area contributed by atoms with Gasteiger partial charge in [-0.3, -0.25) is 4.79 Å². The van der Waals surface area contributed by atoms with Crippen LogP contribution in [0, 0.1) is 12.7 Å². The van der Waals surface area contributed by atoms with E-state index in [1.165, 1.54) is 26.2 Å². The molecule has 32 heavy (non-hydrogen) atoms. The maximum atomic E-state index is 14.3. The molecule has 1 unspecified atom stereocenters. The summed E-state index contributed by atoms with van der Waals surface area (Å²) in [6.45, 7) is 3.18. The first-order valence-electron chi connectivity index (χ1n) is 9.81. The first-order valence-corrected chi connectivity index (χ1v) is 11.2. The van der Waals surface area contributed by atoms with Crippen molar-refractivity contribution in [1.82, 2.24) is 9.78 Å². The highest BCUT2D eigenvalue weighted by atomic mass is 32.2. The quantitative estimate of drug-likeness (QED) is 0.215. The number of ether oxygens (including phenoxy) is 1. The summed E-state index contributed by atoms with van der Waals surface area (Å²) in [6.07, 6.45) is 0.275. The molecule has 0 bridgehead atoms. The first kappa shape index (κ1) is 24.0. The molecule has 0 fully saturated rings. The van der Waals surface area contributed by atoms with Crippen molar-refractivity contribution in [2.24, 2.45) is 0 Å². The summed E-state index contributed by atoms with van der Waals surface area (Å²) < 4.78 is 86.8. The summed E-state index contributed by atoms with van der Waals surface area (Å²) in [5.41, 5.74) is -5.75. The molecule has 0 spiro atoms. The Morgan fingerprint density at radius 2 is 1.91 bits per heavy atom. The Bertz CT molecular complexity index is 1140. The summed E-state index contributed by atoms with van der Waals surface area (Å²) in [5, 5.41) is 4.21. The van der Waals surface area contributed by atoms with Gasteiger partial charge in [-0.05, 0) is 56.7 Å². The third-order valence-electron chi connectivity index (χ3n) is 5.80. The number of alkyl halides is 3. The highest BCUT2D eigenvalue weighted by molar-refractivity contribution is 7.87. The van der Waals surface area contributed by atoms with Gasteiger partial charge in [-0.15, -0.1) is 0 Å². The van der Waals surface area contributed by atoms with Crippen LogP contribution in [-0.2, 0) is 44.5 Å². The van der Waals surface area contributed by atoms with E-state index >= 15 is 0 Å². The number of aryl methyl sites for hydroxylation is 2. The number of rotatable bonds is 5. The number of halogens is 4. The van der Waals surface area contributed by atoms with Crippen LogP contribution >= 0.6 is 0 Å². The van der Waals surface area contributed by atoms with Crippen molar-refractivity contribution >= 4 is 16.1 Å². The summed E-state index contributed by atoms with van der Waals surface area (Å²) in [6, 6.07) is 4.33. The SMILES string of the molecule is CCn1nc2c(c1OS(=O)(=O)C(F)(F)F)CCC(C(=O)OC)(c1cccc(F)c1C)CC2. The average molecular weight is 478 g/mol. The van der Waals surface area contributed by atoms with Gasteiger partial charge in [-0.1, -0.05) is 12.1 Å². The van der Waals surface area contributed by atoms with Crippen molar-refractivity contribution in [1.29, 1.82) is 0 Å². The van der Waals surface area contributed by atoms with Crippen LogP contribution in [0.25, 0.3) is 0 Å². The summed E-state index contributed by atoms with van der Waals surface area (Å²) in [7, 11) is -4.72. The van der Waals surface area contributed by atoms with E-state index in [0.717, 1.165) is 4.68 Å². The van der Waals surface area contributed by atoms with Crippen LogP contribution in [0.5, 0.6) is 5.88 Å². The molecule has 3 rings (SSSR count).